The molecule has 0 radical (unpaired) electrons. The number of nitrogens with zero attached hydrogens (tertiary/aromatic N) is 3. The van der Waals surface area contributed by atoms with Crippen LogP contribution in [0.15, 0.2) is 12.4 Å². The van der Waals surface area contributed by atoms with E-state index in [4.69, 9.17) is 14.6 Å². The predicted octanol–water partition coefficient (Wildman–Crippen LogP) is 0.809. The Morgan fingerprint density at radius 1 is 1.38 bits per heavy atom. The number of aliphatic carboxylic acids is 1. The van der Waals surface area contributed by atoms with Crippen molar-refractivity contribution in [2.75, 3.05) is 37.4 Å². The van der Waals surface area contributed by atoms with E-state index in [1.165, 1.54) is 6.26 Å². The molecule has 0 amide bonds. The smallest absolute Gasteiger partial charge is 0.475 e. The largest absolute Gasteiger partial charge is 0.490 e. The number of rotatable bonds is 4. The van der Waals surface area contributed by atoms with Gasteiger partial charge >= 0.3 is 12.1 Å². The second-order valence-electron chi connectivity index (χ2n) is 7.01. The van der Waals surface area contributed by atoms with Gasteiger partial charge in [-0.25, -0.2) is 27.9 Å². The minimum atomic E-state index is -5.08. The summed E-state index contributed by atoms with van der Waals surface area (Å²) in [6.07, 6.45) is 0.701. The minimum Gasteiger partial charge on any atom is -0.475 e. The number of aryl methyl sites for hydroxylation is 1. The molecule has 29 heavy (non-hydrogen) atoms. The van der Waals surface area contributed by atoms with Crippen LogP contribution in [-0.4, -0.2) is 74.2 Å². The normalized spacial score (nSPS) is 24.4. The lowest BCUT2D eigenvalue weighted by molar-refractivity contribution is -0.192. The number of carboxylic acids is 1. The highest BCUT2D eigenvalue weighted by Crippen LogP contribution is 2.35. The first-order valence-electron chi connectivity index (χ1n) is 8.76. The molecule has 1 aromatic rings. The summed E-state index contributed by atoms with van der Waals surface area (Å²) in [5, 5.41) is 7.12. The van der Waals surface area contributed by atoms with Gasteiger partial charge in [0.25, 0.3) is 0 Å². The van der Waals surface area contributed by atoms with Crippen molar-refractivity contribution >= 4 is 21.9 Å². The second-order valence-corrected chi connectivity index (χ2v) is 8.85. The first-order valence-corrected chi connectivity index (χ1v) is 10.7. The quantitative estimate of drug-likeness (QED) is 0.706. The van der Waals surface area contributed by atoms with Gasteiger partial charge in [0.15, 0.2) is 0 Å². The molecule has 0 unspecified atom stereocenters. The zero-order valence-corrected chi connectivity index (χ0v) is 16.7. The Labute approximate surface area is 166 Å². The number of nitrogens with one attached hydrogen (secondary N) is 1. The van der Waals surface area contributed by atoms with E-state index < -0.39 is 22.2 Å². The number of fused-ring (bicyclic) bond motifs is 1. The van der Waals surface area contributed by atoms with Crippen LogP contribution in [0.2, 0.25) is 0 Å². The van der Waals surface area contributed by atoms with Crippen molar-refractivity contribution in [2.45, 2.75) is 25.6 Å². The Morgan fingerprint density at radius 2 is 1.97 bits per heavy atom. The van der Waals surface area contributed by atoms with Gasteiger partial charge in [0, 0.05) is 37.9 Å². The van der Waals surface area contributed by atoms with Crippen LogP contribution in [0, 0.1) is 18.8 Å². The van der Waals surface area contributed by atoms with E-state index in [-0.39, 0.29) is 6.10 Å². The Balaban J connectivity index is 0.000000370. The fourth-order valence-corrected chi connectivity index (χ4v) is 3.73. The van der Waals surface area contributed by atoms with Gasteiger partial charge in [-0.15, -0.1) is 0 Å². The van der Waals surface area contributed by atoms with E-state index in [0.717, 1.165) is 31.0 Å². The topological polar surface area (TPSA) is 122 Å². The van der Waals surface area contributed by atoms with Gasteiger partial charge in [-0.3, -0.25) is 0 Å². The number of anilines is 1. The predicted molar refractivity (Wildman–Crippen MR) is 96.9 cm³/mol. The average Bonchev–Trinajstić information content (AvgIpc) is 3.02. The molecule has 0 spiro atoms. The molecule has 0 aliphatic carbocycles. The Kier molecular flexibility index (Phi) is 7.40. The minimum absolute atomic E-state index is 0.0270. The van der Waals surface area contributed by atoms with Crippen molar-refractivity contribution in [3.05, 3.63) is 18.0 Å². The molecule has 2 aliphatic heterocycles. The highest BCUT2D eigenvalue weighted by Gasteiger charge is 2.41. The molecule has 1 aromatic heterocycles. The number of hydrogen-bond donors (Lipinski definition) is 2. The Morgan fingerprint density at radius 3 is 2.48 bits per heavy atom. The molecule has 0 aromatic carbocycles. The van der Waals surface area contributed by atoms with Gasteiger partial charge in [-0.1, -0.05) is 0 Å². The van der Waals surface area contributed by atoms with Crippen molar-refractivity contribution in [2.24, 2.45) is 11.8 Å². The molecular formula is C16H23F3N4O5S. The van der Waals surface area contributed by atoms with Gasteiger partial charge in [0.1, 0.15) is 0 Å². The molecule has 3 rings (SSSR count). The van der Waals surface area contributed by atoms with Gasteiger partial charge in [0.2, 0.25) is 16.0 Å². The van der Waals surface area contributed by atoms with Crippen LogP contribution in [0.4, 0.5) is 19.1 Å². The summed E-state index contributed by atoms with van der Waals surface area (Å²) in [4.78, 5) is 19.9. The molecule has 0 bridgehead atoms. The first kappa shape index (κ1) is 23.3. The molecule has 0 saturated carbocycles. The number of piperidine rings is 1. The Hall–Kier alpha value is -1.99. The van der Waals surface area contributed by atoms with Crippen LogP contribution >= 0.6 is 0 Å². The number of alkyl halides is 3. The SMILES string of the molecule is Cc1cnc(N2CC[C@@H]3[C@@H](CO[C@@H]3CNS(C)(=O)=O)C2)nc1.O=C(O)C(F)(F)F. The average molecular weight is 440 g/mol. The molecule has 2 aliphatic rings. The summed E-state index contributed by atoms with van der Waals surface area (Å²) < 4.78 is 62.5. The molecule has 3 heterocycles. The zero-order chi connectivity index (χ0) is 21.8. The van der Waals surface area contributed by atoms with Crippen molar-refractivity contribution in [1.82, 2.24) is 14.7 Å². The van der Waals surface area contributed by atoms with E-state index >= 15 is 0 Å². The molecular weight excluding hydrogens is 417 g/mol. The highest BCUT2D eigenvalue weighted by atomic mass is 32.2. The molecule has 13 heteroatoms. The van der Waals surface area contributed by atoms with E-state index in [9.17, 15) is 21.6 Å². The third-order valence-electron chi connectivity index (χ3n) is 4.63. The van der Waals surface area contributed by atoms with Crippen LogP contribution in [0.1, 0.15) is 12.0 Å². The Bertz CT molecular complexity index is 804. The lowest BCUT2D eigenvalue weighted by Gasteiger charge is -2.35. The van der Waals surface area contributed by atoms with Gasteiger partial charge < -0.3 is 14.7 Å². The fraction of sp³-hybridized carbons (Fsp3) is 0.688. The maximum Gasteiger partial charge on any atom is 0.490 e. The summed E-state index contributed by atoms with van der Waals surface area (Å²) in [6, 6.07) is 0. The fourth-order valence-electron chi connectivity index (χ4n) is 3.26. The number of aromatic nitrogens is 2. The van der Waals surface area contributed by atoms with E-state index in [1.807, 2.05) is 19.3 Å². The van der Waals surface area contributed by atoms with E-state index in [2.05, 4.69) is 19.6 Å². The van der Waals surface area contributed by atoms with Gasteiger partial charge in [0.05, 0.1) is 19.0 Å². The summed E-state index contributed by atoms with van der Waals surface area (Å²) in [6.45, 7) is 4.75. The van der Waals surface area contributed by atoms with Crippen molar-refractivity contribution in [1.29, 1.82) is 0 Å². The maximum atomic E-state index is 11.2. The van der Waals surface area contributed by atoms with Crippen molar-refractivity contribution in [3.8, 4) is 0 Å². The van der Waals surface area contributed by atoms with Crippen LogP contribution in [0.3, 0.4) is 0 Å². The summed E-state index contributed by atoms with van der Waals surface area (Å²) in [5.74, 6) is -1.18. The molecule has 2 saturated heterocycles. The van der Waals surface area contributed by atoms with Crippen LogP contribution < -0.4 is 9.62 Å². The van der Waals surface area contributed by atoms with Gasteiger partial charge in [-0.2, -0.15) is 13.2 Å². The molecule has 164 valence electrons. The number of sulfonamides is 1. The monoisotopic (exact) mass is 440 g/mol. The zero-order valence-electron chi connectivity index (χ0n) is 15.9. The lowest BCUT2D eigenvalue weighted by atomic mass is 9.84. The van der Waals surface area contributed by atoms with Crippen LogP contribution in [0.5, 0.6) is 0 Å². The number of ether oxygens (including phenoxy) is 1. The summed E-state index contributed by atoms with van der Waals surface area (Å²) >= 11 is 0. The number of carboxylic acid groups (broad SMARTS) is 1. The van der Waals surface area contributed by atoms with Crippen LogP contribution in [0.25, 0.3) is 0 Å². The van der Waals surface area contributed by atoms with Crippen molar-refractivity contribution in [3.63, 3.8) is 0 Å². The van der Waals surface area contributed by atoms with E-state index in [1.54, 1.807) is 0 Å². The molecule has 2 N–H and O–H groups in total. The standard InChI is InChI=1S/C14H22N4O3S.C2HF3O2/c1-10-5-15-14(16-6-10)18-4-3-12-11(8-18)9-21-13(12)7-17-22(2,19)20;3-2(4,5)1(6)7/h5-6,11-13,17H,3-4,7-9H2,1-2H3;(H,6,7)/t11-,12-,13-;/m1./s1. The third kappa shape index (κ3) is 7.08. The molecule has 9 nitrogen and oxygen atoms in total. The maximum absolute atomic E-state index is 11.2. The number of hydrogen-bond acceptors (Lipinski definition) is 7. The first-order chi connectivity index (χ1) is 13.4. The molecule has 2 fully saturated rings. The second kappa shape index (κ2) is 9.22. The van der Waals surface area contributed by atoms with E-state index in [0.29, 0.717) is 25.0 Å². The number of halogens is 3. The lowest BCUT2D eigenvalue weighted by Crippen LogP contribution is -2.44. The summed E-state index contributed by atoms with van der Waals surface area (Å²) in [7, 11) is -3.17. The third-order valence-corrected chi connectivity index (χ3v) is 5.33. The van der Waals surface area contributed by atoms with Crippen molar-refractivity contribution < 1.29 is 36.2 Å². The van der Waals surface area contributed by atoms with Gasteiger partial charge in [-0.05, 0) is 24.8 Å². The summed E-state index contributed by atoms with van der Waals surface area (Å²) in [5.41, 5.74) is 1.05. The number of carbonyl (C=O) groups is 1. The highest BCUT2D eigenvalue weighted by molar-refractivity contribution is 7.88. The molecule has 3 atom stereocenters. The van der Waals surface area contributed by atoms with Crippen LogP contribution in [-0.2, 0) is 19.6 Å².